The summed E-state index contributed by atoms with van der Waals surface area (Å²) >= 11 is 0. The van der Waals surface area contributed by atoms with Crippen LogP contribution in [0.2, 0.25) is 0 Å². The Morgan fingerprint density at radius 2 is 1.97 bits per heavy atom. The van der Waals surface area contributed by atoms with Crippen molar-refractivity contribution < 1.29 is 29.2 Å². The molecule has 2 aromatic rings. The van der Waals surface area contributed by atoms with Crippen LogP contribution in [0.25, 0.3) is 0 Å². The molecule has 0 spiro atoms. The van der Waals surface area contributed by atoms with Gasteiger partial charge in [0.1, 0.15) is 11.5 Å². The summed E-state index contributed by atoms with van der Waals surface area (Å²) < 4.78 is 10.8. The van der Waals surface area contributed by atoms with E-state index in [0.717, 1.165) is 5.56 Å². The molecule has 1 aliphatic carbocycles. The number of hydroxylamine groups is 1. The first-order chi connectivity index (χ1) is 13.9. The molecule has 9 heteroatoms. The fourth-order valence-corrected chi connectivity index (χ4v) is 3.33. The van der Waals surface area contributed by atoms with Crippen molar-refractivity contribution >= 4 is 17.6 Å². The Balaban J connectivity index is 1.72. The summed E-state index contributed by atoms with van der Waals surface area (Å²) in [6, 6.07) is 12.7. The van der Waals surface area contributed by atoms with Gasteiger partial charge in [0.15, 0.2) is 0 Å². The summed E-state index contributed by atoms with van der Waals surface area (Å²) in [5.74, 6) is -0.918. The molecular weight excluding hydrogens is 380 g/mol. The molecule has 3 rings (SSSR count). The first kappa shape index (κ1) is 20.3. The molecule has 2 aromatic carbocycles. The average Bonchev–Trinajstić information content (AvgIpc) is 3.45. The van der Waals surface area contributed by atoms with Gasteiger partial charge in [0, 0.05) is 6.07 Å². The predicted molar refractivity (Wildman–Crippen MR) is 100 cm³/mol. The molecule has 29 heavy (non-hydrogen) atoms. The van der Waals surface area contributed by atoms with Crippen LogP contribution in [0.15, 0.2) is 48.5 Å². The number of benzene rings is 2. The number of nitro benzene ring substituents is 1. The molecule has 0 bridgehead atoms. The van der Waals surface area contributed by atoms with E-state index in [1.165, 1.54) is 18.2 Å². The van der Waals surface area contributed by atoms with Crippen molar-refractivity contribution in [3.05, 3.63) is 64.2 Å². The summed E-state index contributed by atoms with van der Waals surface area (Å²) in [6.45, 7) is 1.89. The van der Waals surface area contributed by atoms with Gasteiger partial charge in [-0.3, -0.25) is 24.9 Å². The number of carbonyl (C=O) groups excluding carboxylic acids is 2. The van der Waals surface area contributed by atoms with Crippen molar-refractivity contribution in [3.8, 4) is 11.5 Å². The van der Waals surface area contributed by atoms with E-state index < -0.39 is 28.1 Å². The van der Waals surface area contributed by atoms with Crippen molar-refractivity contribution in [3.63, 3.8) is 0 Å². The Morgan fingerprint density at radius 1 is 1.24 bits per heavy atom. The molecule has 0 saturated heterocycles. The first-order valence-electron chi connectivity index (χ1n) is 9.02. The highest BCUT2D eigenvalue weighted by molar-refractivity contribution is 5.93. The second kappa shape index (κ2) is 8.27. The lowest BCUT2D eigenvalue weighted by molar-refractivity contribution is -0.384. The zero-order valence-electron chi connectivity index (χ0n) is 15.7. The molecule has 1 amide bonds. The summed E-state index contributed by atoms with van der Waals surface area (Å²) in [5, 5.41) is 19.7. The van der Waals surface area contributed by atoms with Gasteiger partial charge >= 0.3 is 5.97 Å². The minimum absolute atomic E-state index is 0.0718. The van der Waals surface area contributed by atoms with Gasteiger partial charge in [-0.25, -0.2) is 5.48 Å². The third-order valence-electron chi connectivity index (χ3n) is 4.89. The molecule has 0 heterocycles. The van der Waals surface area contributed by atoms with Gasteiger partial charge in [-0.1, -0.05) is 18.2 Å². The molecule has 0 aliphatic heterocycles. The van der Waals surface area contributed by atoms with Crippen LogP contribution < -0.4 is 10.2 Å². The largest absolute Gasteiger partial charge is 0.466 e. The summed E-state index contributed by atoms with van der Waals surface area (Å²) in [5.41, 5.74) is 1.32. The highest BCUT2D eigenvalue weighted by atomic mass is 16.6. The lowest BCUT2D eigenvalue weighted by Gasteiger charge is -2.16. The maximum absolute atomic E-state index is 12.4. The topological polar surface area (TPSA) is 128 Å². The van der Waals surface area contributed by atoms with E-state index in [1.54, 1.807) is 42.7 Å². The van der Waals surface area contributed by atoms with E-state index >= 15 is 0 Å². The lowest BCUT2D eigenvalue weighted by atomic mass is 9.93. The molecule has 1 fully saturated rings. The van der Waals surface area contributed by atoms with E-state index in [0.29, 0.717) is 17.9 Å². The molecule has 0 radical (unpaired) electrons. The van der Waals surface area contributed by atoms with Crippen LogP contribution in [-0.4, -0.2) is 28.6 Å². The van der Waals surface area contributed by atoms with Crippen molar-refractivity contribution in [2.45, 2.75) is 19.8 Å². The molecular formula is C20H20N2O7. The molecule has 2 unspecified atom stereocenters. The van der Waals surface area contributed by atoms with Crippen LogP contribution in [0.1, 0.15) is 18.9 Å². The Labute approximate surface area is 166 Å². The van der Waals surface area contributed by atoms with Gasteiger partial charge in [0.25, 0.3) is 5.69 Å². The zero-order chi connectivity index (χ0) is 21.0. The summed E-state index contributed by atoms with van der Waals surface area (Å²) in [6.07, 6.45) is 0.575. The van der Waals surface area contributed by atoms with Crippen LogP contribution in [-0.2, 0) is 20.7 Å². The minimum atomic E-state index is -0.995. The van der Waals surface area contributed by atoms with Crippen LogP contribution in [0.5, 0.6) is 11.5 Å². The van der Waals surface area contributed by atoms with Crippen molar-refractivity contribution in [1.29, 1.82) is 0 Å². The van der Waals surface area contributed by atoms with Gasteiger partial charge in [0.05, 0.1) is 28.9 Å². The predicted octanol–water partition coefficient (Wildman–Crippen LogP) is 3.00. The van der Waals surface area contributed by atoms with E-state index in [-0.39, 0.29) is 18.7 Å². The standard InChI is InChI=1S/C20H20N2O7/c1-2-28-19(24)20(12-17(20)18(23)21-25)11-13-6-8-15(9-7-13)29-16-5-3-4-14(10-16)22(26)27/h3-10,17,25H,2,11-12H2,1H3,(H,21,23). The highest BCUT2D eigenvalue weighted by Crippen LogP contribution is 2.56. The van der Waals surface area contributed by atoms with E-state index in [4.69, 9.17) is 14.7 Å². The Hall–Kier alpha value is -3.46. The van der Waals surface area contributed by atoms with Crippen LogP contribution in [0.4, 0.5) is 5.69 Å². The number of amides is 1. The monoisotopic (exact) mass is 400 g/mol. The van der Waals surface area contributed by atoms with Gasteiger partial charge in [-0.15, -0.1) is 0 Å². The normalized spacial score (nSPS) is 19.9. The molecule has 9 nitrogen and oxygen atoms in total. The molecule has 2 N–H and O–H groups in total. The molecule has 2 atom stereocenters. The molecule has 0 aromatic heterocycles. The SMILES string of the molecule is CCOC(=O)C1(Cc2ccc(Oc3cccc([N+](=O)[O-])c3)cc2)CC1C(=O)NO. The Bertz CT molecular complexity index is 929. The number of carbonyl (C=O) groups is 2. The summed E-state index contributed by atoms with van der Waals surface area (Å²) in [4.78, 5) is 34.5. The second-order valence-electron chi connectivity index (χ2n) is 6.79. The fraction of sp³-hybridized carbons (Fsp3) is 0.300. The smallest absolute Gasteiger partial charge is 0.313 e. The second-order valence-corrected chi connectivity index (χ2v) is 6.79. The number of nitrogens with one attached hydrogen (secondary N) is 1. The maximum Gasteiger partial charge on any atom is 0.313 e. The van der Waals surface area contributed by atoms with Crippen molar-refractivity contribution in [2.75, 3.05) is 6.61 Å². The van der Waals surface area contributed by atoms with Gasteiger partial charge in [-0.2, -0.15) is 0 Å². The lowest BCUT2D eigenvalue weighted by Crippen LogP contribution is -2.30. The van der Waals surface area contributed by atoms with Crippen LogP contribution in [0, 0.1) is 21.4 Å². The van der Waals surface area contributed by atoms with Crippen LogP contribution in [0.3, 0.4) is 0 Å². The van der Waals surface area contributed by atoms with Gasteiger partial charge < -0.3 is 9.47 Å². The Kier molecular flexibility index (Phi) is 5.79. The summed E-state index contributed by atoms with van der Waals surface area (Å²) in [7, 11) is 0. The average molecular weight is 400 g/mol. The highest BCUT2D eigenvalue weighted by Gasteiger charge is 2.64. The molecule has 152 valence electrons. The first-order valence-corrected chi connectivity index (χ1v) is 9.02. The third kappa shape index (κ3) is 4.35. The van der Waals surface area contributed by atoms with E-state index in [9.17, 15) is 19.7 Å². The van der Waals surface area contributed by atoms with E-state index in [1.807, 2.05) is 0 Å². The maximum atomic E-state index is 12.4. The number of hydrogen-bond acceptors (Lipinski definition) is 7. The minimum Gasteiger partial charge on any atom is -0.466 e. The van der Waals surface area contributed by atoms with Gasteiger partial charge in [-0.05, 0) is 43.5 Å². The van der Waals surface area contributed by atoms with Crippen molar-refractivity contribution in [1.82, 2.24) is 5.48 Å². The quantitative estimate of drug-likeness (QED) is 0.302. The number of esters is 1. The van der Waals surface area contributed by atoms with Gasteiger partial charge in [0.2, 0.25) is 5.91 Å². The number of non-ortho nitro benzene ring substituents is 1. The number of hydrogen-bond donors (Lipinski definition) is 2. The number of ether oxygens (including phenoxy) is 2. The van der Waals surface area contributed by atoms with Crippen LogP contribution >= 0.6 is 0 Å². The number of rotatable bonds is 8. The Morgan fingerprint density at radius 3 is 2.59 bits per heavy atom. The third-order valence-corrected chi connectivity index (χ3v) is 4.89. The molecule has 1 saturated carbocycles. The number of nitrogens with zero attached hydrogens (tertiary/aromatic N) is 1. The zero-order valence-corrected chi connectivity index (χ0v) is 15.7. The van der Waals surface area contributed by atoms with Crippen molar-refractivity contribution in [2.24, 2.45) is 11.3 Å². The van der Waals surface area contributed by atoms with E-state index in [2.05, 4.69) is 0 Å². The fourth-order valence-electron chi connectivity index (χ4n) is 3.33. The molecule has 1 aliphatic rings. The number of nitro groups is 1.